The van der Waals surface area contributed by atoms with E-state index in [2.05, 4.69) is 0 Å². The Morgan fingerprint density at radius 1 is 1.38 bits per heavy atom. The molecule has 0 aromatic heterocycles. The van der Waals surface area contributed by atoms with Crippen LogP contribution in [-0.4, -0.2) is 25.4 Å². The van der Waals surface area contributed by atoms with Gasteiger partial charge in [0.2, 0.25) is 0 Å². The minimum Gasteiger partial charge on any atom is -0.390 e. The first-order valence-electron chi connectivity index (χ1n) is 5.32. The zero-order chi connectivity index (χ0) is 12.0. The zero-order valence-electron chi connectivity index (χ0n) is 9.53. The van der Waals surface area contributed by atoms with E-state index in [9.17, 15) is 13.5 Å². The molecule has 88 valence electrons. The lowest BCUT2D eigenvalue weighted by Gasteiger charge is -2.11. The van der Waals surface area contributed by atoms with Crippen molar-refractivity contribution >= 4 is 9.84 Å². The highest BCUT2D eigenvalue weighted by molar-refractivity contribution is 7.90. The number of benzene rings is 1. The molecular formula is C12H16O3S. The molecule has 1 fully saturated rings. The van der Waals surface area contributed by atoms with Crippen LogP contribution in [0, 0.1) is 6.92 Å². The van der Waals surface area contributed by atoms with Crippen LogP contribution in [0.5, 0.6) is 0 Å². The summed E-state index contributed by atoms with van der Waals surface area (Å²) in [6, 6.07) is 5.10. The van der Waals surface area contributed by atoms with E-state index in [0.717, 1.165) is 24.0 Å². The van der Waals surface area contributed by atoms with Crippen molar-refractivity contribution < 1.29 is 13.5 Å². The Labute approximate surface area is 96.0 Å². The first-order chi connectivity index (χ1) is 7.30. The number of hydrogen-bond acceptors (Lipinski definition) is 3. The van der Waals surface area contributed by atoms with Gasteiger partial charge in [0.1, 0.15) is 0 Å². The first-order valence-corrected chi connectivity index (χ1v) is 7.21. The molecule has 0 aliphatic heterocycles. The SMILES string of the molecule is Cc1cc(S(C)(=O)=O)ccc1CC1(O)CC1. The van der Waals surface area contributed by atoms with Crippen molar-refractivity contribution in [3.05, 3.63) is 29.3 Å². The maximum absolute atomic E-state index is 11.3. The van der Waals surface area contributed by atoms with Crippen LogP contribution in [-0.2, 0) is 16.3 Å². The van der Waals surface area contributed by atoms with Gasteiger partial charge in [-0.05, 0) is 43.0 Å². The third kappa shape index (κ3) is 2.44. The molecule has 1 saturated carbocycles. The average Bonchev–Trinajstić information content (AvgIpc) is 2.86. The molecule has 0 spiro atoms. The van der Waals surface area contributed by atoms with Gasteiger partial charge in [0.25, 0.3) is 0 Å². The minimum absolute atomic E-state index is 0.344. The molecule has 1 aromatic rings. The number of hydrogen-bond donors (Lipinski definition) is 1. The van der Waals surface area contributed by atoms with Crippen LogP contribution < -0.4 is 0 Å². The summed E-state index contributed by atoms with van der Waals surface area (Å²) in [4.78, 5) is 0.344. The lowest BCUT2D eigenvalue weighted by Crippen LogP contribution is -2.12. The molecule has 0 radical (unpaired) electrons. The zero-order valence-corrected chi connectivity index (χ0v) is 10.3. The second kappa shape index (κ2) is 3.57. The summed E-state index contributed by atoms with van der Waals surface area (Å²) in [6.45, 7) is 1.88. The molecule has 1 N–H and O–H groups in total. The van der Waals surface area contributed by atoms with Crippen LogP contribution >= 0.6 is 0 Å². The molecule has 16 heavy (non-hydrogen) atoms. The van der Waals surface area contributed by atoms with E-state index in [0.29, 0.717) is 11.3 Å². The fourth-order valence-corrected chi connectivity index (χ4v) is 2.48. The lowest BCUT2D eigenvalue weighted by molar-refractivity contribution is 0.151. The normalized spacial score (nSPS) is 18.4. The van der Waals surface area contributed by atoms with E-state index < -0.39 is 15.4 Å². The maximum atomic E-state index is 11.3. The molecule has 3 nitrogen and oxygen atoms in total. The van der Waals surface area contributed by atoms with Crippen molar-refractivity contribution in [3.8, 4) is 0 Å². The quantitative estimate of drug-likeness (QED) is 0.870. The van der Waals surface area contributed by atoms with Crippen molar-refractivity contribution in [1.29, 1.82) is 0 Å². The molecule has 0 heterocycles. The predicted octanol–water partition coefficient (Wildman–Crippen LogP) is 1.47. The van der Waals surface area contributed by atoms with Gasteiger partial charge in [0, 0.05) is 12.7 Å². The van der Waals surface area contributed by atoms with Crippen LogP contribution in [0.2, 0.25) is 0 Å². The molecule has 1 aliphatic rings. The molecular weight excluding hydrogens is 224 g/mol. The van der Waals surface area contributed by atoms with E-state index >= 15 is 0 Å². The highest BCUT2D eigenvalue weighted by Gasteiger charge is 2.40. The third-order valence-electron chi connectivity index (χ3n) is 3.09. The summed E-state index contributed by atoms with van der Waals surface area (Å²) in [6.07, 6.45) is 3.53. The summed E-state index contributed by atoms with van der Waals surface area (Å²) in [5.74, 6) is 0. The number of aryl methyl sites for hydroxylation is 1. The minimum atomic E-state index is -3.13. The largest absolute Gasteiger partial charge is 0.390 e. The Morgan fingerprint density at radius 3 is 2.44 bits per heavy atom. The van der Waals surface area contributed by atoms with Gasteiger partial charge in [-0.25, -0.2) is 8.42 Å². The second-order valence-electron chi connectivity index (χ2n) is 4.76. The van der Waals surface area contributed by atoms with Gasteiger partial charge >= 0.3 is 0 Å². The Morgan fingerprint density at radius 2 is 2.00 bits per heavy atom. The third-order valence-corrected chi connectivity index (χ3v) is 4.20. The average molecular weight is 240 g/mol. The van der Waals surface area contributed by atoms with Gasteiger partial charge in [0.05, 0.1) is 10.5 Å². The smallest absolute Gasteiger partial charge is 0.175 e. The summed E-state index contributed by atoms with van der Waals surface area (Å²) in [5.41, 5.74) is 1.44. The molecule has 2 rings (SSSR count). The van der Waals surface area contributed by atoms with Crippen molar-refractivity contribution in [2.75, 3.05) is 6.26 Å². The summed E-state index contributed by atoms with van der Waals surface area (Å²) in [5, 5.41) is 9.82. The van der Waals surface area contributed by atoms with Gasteiger partial charge in [-0.2, -0.15) is 0 Å². The van der Waals surface area contributed by atoms with E-state index in [1.807, 2.05) is 13.0 Å². The molecule has 0 atom stereocenters. The van der Waals surface area contributed by atoms with Gasteiger partial charge in [0.15, 0.2) is 9.84 Å². The Bertz CT molecular complexity index is 513. The first kappa shape index (κ1) is 11.6. The highest BCUT2D eigenvalue weighted by Crippen LogP contribution is 2.38. The number of rotatable bonds is 3. The van der Waals surface area contributed by atoms with Crippen LogP contribution in [0.1, 0.15) is 24.0 Å². The Kier molecular flexibility index (Phi) is 2.59. The number of sulfone groups is 1. The lowest BCUT2D eigenvalue weighted by atomic mass is 10.0. The molecule has 1 aliphatic carbocycles. The van der Waals surface area contributed by atoms with E-state index in [1.54, 1.807) is 12.1 Å². The Balaban J connectivity index is 2.30. The second-order valence-corrected chi connectivity index (χ2v) is 6.78. The van der Waals surface area contributed by atoms with Crippen LogP contribution in [0.15, 0.2) is 23.1 Å². The van der Waals surface area contributed by atoms with Crippen LogP contribution in [0.25, 0.3) is 0 Å². The summed E-state index contributed by atoms with van der Waals surface area (Å²) >= 11 is 0. The van der Waals surface area contributed by atoms with E-state index in [4.69, 9.17) is 0 Å². The monoisotopic (exact) mass is 240 g/mol. The van der Waals surface area contributed by atoms with Crippen LogP contribution in [0.3, 0.4) is 0 Å². The standard InChI is InChI=1S/C12H16O3S/c1-9-7-11(16(2,14)15)4-3-10(9)8-12(13)5-6-12/h3-4,7,13H,5-6,8H2,1-2H3. The van der Waals surface area contributed by atoms with Crippen molar-refractivity contribution in [2.24, 2.45) is 0 Å². The summed E-state index contributed by atoms with van der Waals surface area (Å²) < 4.78 is 22.7. The van der Waals surface area contributed by atoms with E-state index in [-0.39, 0.29) is 0 Å². The van der Waals surface area contributed by atoms with Gasteiger partial charge in [-0.15, -0.1) is 0 Å². The van der Waals surface area contributed by atoms with Crippen molar-refractivity contribution in [1.82, 2.24) is 0 Å². The van der Waals surface area contributed by atoms with E-state index in [1.165, 1.54) is 6.26 Å². The van der Waals surface area contributed by atoms with Crippen molar-refractivity contribution in [3.63, 3.8) is 0 Å². The molecule has 4 heteroatoms. The molecule has 0 amide bonds. The van der Waals surface area contributed by atoms with Crippen molar-refractivity contribution in [2.45, 2.75) is 36.7 Å². The molecule has 0 unspecified atom stereocenters. The molecule has 0 saturated heterocycles. The molecule has 1 aromatic carbocycles. The fraction of sp³-hybridized carbons (Fsp3) is 0.500. The van der Waals surface area contributed by atoms with Gasteiger partial charge < -0.3 is 5.11 Å². The van der Waals surface area contributed by atoms with Gasteiger partial charge in [-0.3, -0.25) is 0 Å². The molecule has 0 bridgehead atoms. The number of aliphatic hydroxyl groups is 1. The van der Waals surface area contributed by atoms with Gasteiger partial charge in [-0.1, -0.05) is 6.07 Å². The van der Waals surface area contributed by atoms with Crippen LogP contribution in [0.4, 0.5) is 0 Å². The highest BCUT2D eigenvalue weighted by atomic mass is 32.2. The predicted molar refractivity (Wildman–Crippen MR) is 62.2 cm³/mol. The topological polar surface area (TPSA) is 54.4 Å². The fourth-order valence-electron chi connectivity index (χ4n) is 1.77. The maximum Gasteiger partial charge on any atom is 0.175 e. The summed E-state index contributed by atoms with van der Waals surface area (Å²) in [7, 11) is -3.13. The Hall–Kier alpha value is -0.870.